The molecule has 0 spiro atoms. The van der Waals surface area contributed by atoms with Gasteiger partial charge in [0.1, 0.15) is 0 Å². The van der Waals surface area contributed by atoms with Crippen LogP contribution in [0.5, 0.6) is 5.75 Å². The Hall–Kier alpha value is -2.76. The Kier molecular flexibility index (Phi) is 3.23. The Labute approximate surface area is 112 Å². The maximum absolute atomic E-state index is 12.0. The Bertz CT molecular complexity index is 769. The predicted molar refractivity (Wildman–Crippen MR) is 64.4 cm³/mol. The van der Waals surface area contributed by atoms with Gasteiger partial charge in [-0.05, 0) is 17.3 Å². The van der Waals surface area contributed by atoms with Crippen molar-refractivity contribution in [3.05, 3.63) is 28.3 Å². The lowest BCUT2D eigenvalue weighted by molar-refractivity contribution is -0.386. The Morgan fingerprint density at radius 1 is 1.45 bits per heavy atom. The van der Waals surface area contributed by atoms with Crippen molar-refractivity contribution in [3.63, 3.8) is 0 Å². The van der Waals surface area contributed by atoms with E-state index in [1.807, 2.05) is 4.72 Å². The van der Waals surface area contributed by atoms with Crippen LogP contribution >= 0.6 is 0 Å². The van der Waals surface area contributed by atoms with E-state index in [2.05, 4.69) is 15.4 Å². The first-order chi connectivity index (χ1) is 9.29. The Morgan fingerprint density at radius 3 is 2.70 bits per heavy atom. The summed E-state index contributed by atoms with van der Waals surface area (Å²) >= 11 is 0. The van der Waals surface area contributed by atoms with Crippen molar-refractivity contribution in [2.45, 2.75) is 4.90 Å². The van der Waals surface area contributed by atoms with Crippen molar-refractivity contribution in [3.8, 4) is 5.75 Å². The fourth-order valence-electron chi connectivity index (χ4n) is 1.32. The number of aryl methyl sites for hydroxylation is 1. The van der Waals surface area contributed by atoms with E-state index in [0.717, 1.165) is 23.0 Å². The summed E-state index contributed by atoms with van der Waals surface area (Å²) < 4.78 is 25.9. The van der Waals surface area contributed by atoms with Crippen LogP contribution in [0.3, 0.4) is 0 Å². The molecule has 1 heterocycles. The normalized spacial score (nSPS) is 11.2. The summed E-state index contributed by atoms with van der Waals surface area (Å²) in [5, 5.41) is 30.4. The van der Waals surface area contributed by atoms with Crippen LogP contribution in [-0.2, 0) is 17.1 Å². The molecule has 1 aromatic carbocycles. The highest BCUT2D eigenvalue weighted by Gasteiger charge is 2.22. The van der Waals surface area contributed by atoms with Crippen LogP contribution in [0.15, 0.2) is 23.1 Å². The summed E-state index contributed by atoms with van der Waals surface area (Å²) in [7, 11) is -2.68. The number of rotatable bonds is 4. The fraction of sp³-hybridized carbons (Fsp3) is 0.125. The van der Waals surface area contributed by atoms with Crippen molar-refractivity contribution in [2.75, 3.05) is 4.72 Å². The first-order valence-corrected chi connectivity index (χ1v) is 6.52. The van der Waals surface area contributed by atoms with Crippen LogP contribution in [0.25, 0.3) is 0 Å². The van der Waals surface area contributed by atoms with Gasteiger partial charge in [0.25, 0.3) is 16.0 Å². The molecule has 0 aliphatic heterocycles. The number of hydrogen-bond donors (Lipinski definition) is 2. The molecule has 0 saturated heterocycles. The lowest BCUT2D eigenvalue weighted by Crippen LogP contribution is -2.14. The second kappa shape index (κ2) is 4.73. The number of aromatic hydroxyl groups is 1. The molecule has 2 aromatic rings. The van der Waals surface area contributed by atoms with Crippen LogP contribution in [0.1, 0.15) is 0 Å². The SMILES string of the molecule is Cn1nnc(NS(=O)(=O)c2ccc(O)c([N+](=O)[O-])c2)n1. The molecule has 0 amide bonds. The minimum absolute atomic E-state index is 0.275. The van der Waals surface area contributed by atoms with E-state index in [-0.39, 0.29) is 5.95 Å². The highest BCUT2D eigenvalue weighted by atomic mass is 32.2. The maximum Gasteiger partial charge on any atom is 0.312 e. The summed E-state index contributed by atoms with van der Waals surface area (Å²) in [6, 6.07) is 2.66. The zero-order valence-corrected chi connectivity index (χ0v) is 10.8. The van der Waals surface area contributed by atoms with Gasteiger partial charge in [-0.1, -0.05) is 5.10 Å². The molecule has 0 saturated carbocycles. The number of nitrogens with one attached hydrogen (secondary N) is 1. The van der Waals surface area contributed by atoms with Gasteiger partial charge in [-0.15, -0.1) is 5.10 Å². The first-order valence-electron chi connectivity index (χ1n) is 5.04. The topological polar surface area (TPSA) is 153 Å². The van der Waals surface area contributed by atoms with E-state index in [0.29, 0.717) is 0 Å². The number of tetrazole rings is 1. The summed E-state index contributed by atoms with van der Waals surface area (Å²) in [4.78, 5) is 10.4. The summed E-state index contributed by atoms with van der Waals surface area (Å²) in [6.07, 6.45) is 0. The smallest absolute Gasteiger partial charge is 0.312 e. The molecule has 12 heteroatoms. The number of nitrogens with zero attached hydrogens (tertiary/aromatic N) is 5. The number of phenolic OH excluding ortho intramolecular Hbond substituents is 1. The van der Waals surface area contributed by atoms with Crippen molar-refractivity contribution < 1.29 is 18.4 Å². The van der Waals surface area contributed by atoms with Crippen LogP contribution in [-0.4, -0.2) is 38.7 Å². The van der Waals surface area contributed by atoms with E-state index >= 15 is 0 Å². The number of nitro benzene ring substituents is 1. The lowest BCUT2D eigenvalue weighted by atomic mass is 10.3. The van der Waals surface area contributed by atoms with Gasteiger partial charge in [0.05, 0.1) is 16.9 Å². The molecule has 0 fully saturated rings. The van der Waals surface area contributed by atoms with Crippen molar-refractivity contribution >= 4 is 21.7 Å². The summed E-state index contributed by atoms with van der Waals surface area (Å²) in [5.74, 6) is -0.908. The van der Waals surface area contributed by atoms with Crippen LogP contribution in [0.4, 0.5) is 11.6 Å². The molecule has 0 atom stereocenters. The van der Waals surface area contributed by atoms with Gasteiger partial charge in [-0.25, -0.2) is 13.1 Å². The predicted octanol–water partition coefficient (Wildman–Crippen LogP) is -0.375. The van der Waals surface area contributed by atoms with E-state index < -0.39 is 31.3 Å². The van der Waals surface area contributed by atoms with Gasteiger partial charge in [0, 0.05) is 6.07 Å². The number of nitro groups is 1. The second-order valence-electron chi connectivity index (χ2n) is 3.62. The molecule has 0 bridgehead atoms. The third kappa shape index (κ3) is 2.64. The van der Waals surface area contributed by atoms with E-state index in [1.54, 1.807) is 0 Å². The summed E-state index contributed by atoms with van der Waals surface area (Å²) in [6.45, 7) is 0. The molecule has 11 nitrogen and oxygen atoms in total. The van der Waals surface area contributed by atoms with Crippen molar-refractivity contribution in [2.24, 2.45) is 7.05 Å². The van der Waals surface area contributed by atoms with Crippen molar-refractivity contribution in [1.29, 1.82) is 0 Å². The highest BCUT2D eigenvalue weighted by Crippen LogP contribution is 2.28. The lowest BCUT2D eigenvalue weighted by Gasteiger charge is -2.04. The zero-order valence-electron chi connectivity index (χ0n) is 9.96. The standard InChI is InChI=1S/C8H8N6O5S/c1-13-10-8(9-12-13)11-20(18,19)5-2-3-7(15)6(4-5)14(16)17/h2-4,15H,1H3,(H,10,11). The second-order valence-corrected chi connectivity index (χ2v) is 5.30. The Morgan fingerprint density at radius 2 is 2.15 bits per heavy atom. The number of benzene rings is 1. The van der Waals surface area contributed by atoms with Crippen LogP contribution in [0, 0.1) is 10.1 Å². The minimum Gasteiger partial charge on any atom is -0.502 e. The van der Waals surface area contributed by atoms with Gasteiger partial charge >= 0.3 is 5.69 Å². The third-order valence-corrected chi connectivity index (χ3v) is 3.51. The van der Waals surface area contributed by atoms with Crippen LogP contribution < -0.4 is 4.72 Å². The first kappa shape index (κ1) is 13.7. The molecule has 2 N–H and O–H groups in total. The molecule has 2 rings (SSSR count). The van der Waals surface area contributed by atoms with E-state index in [1.165, 1.54) is 7.05 Å². The third-order valence-electron chi connectivity index (χ3n) is 2.19. The van der Waals surface area contributed by atoms with Crippen molar-refractivity contribution in [1.82, 2.24) is 20.2 Å². The van der Waals surface area contributed by atoms with Gasteiger partial charge in [0.15, 0.2) is 5.75 Å². The molecule has 0 unspecified atom stereocenters. The quantitative estimate of drug-likeness (QED) is 0.572. The monoisotopic (exact) mass is 300 g/mol. The van der Waals surface area contributed by atoms with Gasteiger partial charge < -0.3 is 5.11 Å². The van der Waals surface area contributed by atoms with E-state index in [4.69, 9.17) is 0 Å². The number of anilines is 1. The average Bonchev–Trinajstić information content (AvgIpc) is 2.73. The average molecular weight is 300 g/mol. The van der Waals surface area contributed by atoms with Gasteiger partial charge in [-0.3, -0.25) is 10.1 Å². The molecular weight excluding hydrogens is 292 g/mol. The number of phenols is 1. The zero-order chi connectivity index (χ0) is 14.9. The van der Waals surface area contributed by atoms with Gasteiger partial charge in [-0.2, -0.15) is 4.80 Å². The Balaban J connectivity index is 2.39. The molecule has 0 aliphatic rings. The number of sulfonamides is 1. The molecule has 0 radical (unpaired) electrons. The van der Waals surface area contributed by atoms with Crippen LogP contribution in [0.2, 0.25) is 0 Å². The molecular formula is C8H8N6O5S. The maximum atomic E-state index is 12.0. The largest absolute Gasteiger partial charge is 0.502 e. The molecule has 106 valence electrons. The van der Waals surface area contributed by atoms with E-state index in [9.17, 15) is 23.6 Å². The molecule has 0 aliphatic carbocycles. The summed E-state index contributed by atoms with van der Waals surface area (Å²) in [5.41, 5.74) is -0.722. The number of hydrogen-bond acceptors (Lipinski definition) is 8. The molecule has 20 heavy (non-hydrogen) atoms. The highest BCUT2D eigenvalue weighted by molar-refractivity contribution is 7.92. The van der Waals surface area contributed by atoms with Gasteiger partial charge in [0.2, 0.25) is 0 Å². The fourth-order valence-corrected chi connectivity index (χ4v) is 2.27. The number of aromatic nitrogens is 4. The molecule has 1 aromatic heterocycles. The minimum atomic E-state index is -4.12.